The predicted octanol–water partition coefficient (Wildman–Crippen LogP) is 3.94. The molecule has 0 saturated carbocycles. The molecule has 0 aromatic rings. The van der Waals surface area contributed by atoms with Gasteiger partial charge in [-0.15, -0.1) is 0 Å². The number of unbranched alkanes of at least 4 members (excludes halogenated alkanes) is 1. The Kier molecular flexibility index (Phi) is 4.67. The van der Waals surface area contributed by atoms with Crippen molar-refractivity contribution in [3.05, 3.63) is 12.2 Å². The Morgan fingerprint density at radius 1 is 1.43 bits per heavy atom. The first-order valence-electron chi connectivity index (χ1n) is 5.98. The van der Waals surface area contributed by atoms with Crippen molar-refractivity contribution in [3.8, 4) is 0 Å². The molecule has 0 heterocycles. The van der Waals surface area contributed by atoms with E-state index in [2.05, 4.69) is 32.9 Å². The first-order chi connectivity index (χ1) is 6.68. The van der Waals surface area contributed by atoms with Gasteiger partial charge in [0.2, 0.25) is 0 Å². The summed E-state index contributed by atoms with van der Waals surface area (Å²) in [6.45, 7) is 7.41. The van der Waals surface area contributed by atoms with Gasteiger partial charge in [0, 0.05) is 5.41 Å². The molecule has 1 unspecified atom stereocenters. The van der Waals surface area contributed by atoms with Crippen LogP contribution in [0.3, 0.4) is 0 Å². The van der Waals surface area contributed by atoms with Gasteiger partial charge in [-0.3, -0.25) is 0 Å². The van der Waals surface area contributed by atoms with Gasteiger partial charge in [-0.2, -0.15) is 0 Å². The van der Waals surface area contributed by atoms with Gasteiger partial charge in [-0.05, 0) is 33.1 Å². The van der Waals surface area contributed by atoms with E-state index in [4.69, 9.17) is 4.74 Å². The van der Waals surface area contributed by atoms with E-state index >= 15 is 0 Å². The Labute approximate surface area is 88.5 Å². The SMILES string of the molecule is CCCCC1(COC(C)C)C=CCC1. The molecule has 82 valence electrons. The summed E-state index contributed by atoms with van der Waals surface area (Å²) in [5.41, 5.74) is 0.375. The topological polar surface area (TPSA) is 9.23 Å². The van der Waals surface area contributed by atoms with E-state index in [-0.39, 0.29) is 0 Å². The predicted molar refractivity (Wildman–Crippen MR) is 61.4 cm³/mol. The molecule has 1 nitrogen and oxygen atoms in total. The van der Waals surface area contributed by atoms with Crippen LogP contribution in [0.25, 0.3) is 0 Å². The van der Waals surface area contributed by atoms with Gasteiger partial charge in [0.1, 0.15) is 0 Å². The summed E-state index contributed by atoms with van der Waals surface area (Å²) in [6, 6.07) is 0. The zero-order chi connectivity index (χ0) is 10.4. The highest BCUT2D eigenvalue weighted by Gasteiger charge is 2.29. The Hall–Kier alpha value is -0.300. The minimum Gasteiger partial charge on any atom is -0.378 e. The molecule has 0 amide bonds. The molecule has 1 heteroatoms. The highest BCUT2D eigenvalue weighted by Crippen LogP contribution is 2.37. The van der Waals surface area contributed by atoms with Crippen LogP contribution in [0.2, 0.25) is 0 Å². The molecule has 1 aliphatic rings. The molecular weight excluding hydrogens is 172 g/mol. The van der Waals surface area contributed by atoms with Crippen molar-refractivity contribution in [3.63, 3.8) is 0 Å². The van der Waals surface area contributed by atoms with E-state index in [1.54, 1.807) is 0 Å². The molecule has 1 rings (SSSR count). The average molecular weight is 196 g/mol. The fraction of sp³-hybridized carbons (Fsp3) is 0.846. The maximum absolute atomic E-state index is 5.77. The van der Waals surface area contributed by atoms with Crippen LogP contribution in [-0.2, 0) is 4.74 Å². The second kappa shape index (κ2) is 5.55. The zero-order valence-corrected chi connectivity index (χ0v) is 9.88. The van der Waals surface area contributed by atoms with E-state index in [1.807, 2.05) is 0 Å². The molecule has 14 heavy (non-hydrogen) atoms. The molecule has 0 spiro atoms. The van der Waals surface area contributed by atoms with Crippen LogP contribution in [-0.4, -0.2) is 12.7 Å². The average Bonchev–Trinajstić information content (AvgIpc) is 2.61. The molecule has 0 radical (unpaired) electrons. The normalized spacial score (nSPS) is 26.3. The standard InChI is InChI=1S/C13H24O/c1-4-5-8-13(9-6-7-10-13)11-14-12(2)3/h6,9,12H,4-5,7-8,10-11H2,1-3H3. The lowest BCUT2D eigenvalue weighted by molar-refractivity contribution is 0.0218. The van der Waals surface area contributed by atoms with Gasteiger partial charge >= 0.3 is 0 Å². The lowest BCUT2D eigenvalue weighted by Gasteiger charge is -2.28. The van der Waals surface area contributed by atoms with E-state index in [1.165, 1.54) is 32.1 Å². The van der Waals surface area contributed by atoms with Crippen molar-refractivity contribution < 1.29 is 4.74 Å². The maximum atomic E-state index is 5.77. The summed E-state index contributed by atoms with van der Waals surface area (Å²) >= 11 is 0. The van der Waals surface area contributed by atoms with Crippen molar-refractivity contribution in [2.45, 2.75) is 59.0 Å². The molecule has 0 aromatic carbocycles. The summed E-state index contributed by atoms with van der Waals surface area (Å²) in [6.07, 6.45) is 11.5. The minimum absolute atomic E-state index is 0.363. The zero-order valence-electron chi connectivity index (χ0n) is 9.88. The van der Waals surface area contributed by atoms with Crippen LogP contribution in [0.4, 0.5) is 0 Å². The van der Waals surface area contributed by atoms with Gasteiger partial charge in [-0.1, -0.05) is 31.9 Å². The third-order valence-corrected chi connectivity index (χ3v) is 3.01. The van der Waals surface area contributed by atoms with E-state index < -0.39 is 0 Å². The summed E-state index contributed by atoms with van der Waals surface area (Å²) in [4.78, 5) is 0. The quantitative estimate of drug-likeness (QED) is 0.585. The summed E-state index contributed by atoms with van der Waals surface area (Å²) < 4.78 is 5.77. The van der Waals surface area contributed by atoms with Gasteiger partial charge < -0.3 is 4.74 Å². The Bertz CT molecular complexity index is 184. The fourth-order valence-corrected chi connectivity index (χ4v) is 2.05. The lowest BCUT2D eigenvalue weighted by atomic mass is 9.83. The molecule has 0 saturated heterocycles. The van der Waals surface area contributed by atoms with Crippen LogP contribution in [0.1, 0.15) is 52.9 Å². The molecule has 0 fully saturated rings. The van der Waals surface area contributed by atoms with Gasteiger partial charge in [-0.25, -0.2) is 0 Å². The van der Waals surface area contributed by atoms with Crippen molar-refractivity contribution in [1.29, 1.82) is 0 Å². The largest absolute Gasteiger partial charge is 0.378 e. The van der Waals surface area contributed by atoms with E-state index in [0.29, 0.717) is 11.5 Å². The monoisotopic (exact) mass is 196 g/mol. The Morgan fingerprint density at radius 2 is 2.21 bits per heavy atom. The van der Waals surface area contributed by atoms with Crippen LogP contribution in [0.15, 0.2) is 12.2 Å². The van der Waals surface area contributed by atoms with Crippen molar-refractivity contribution in [1.82, 2.24) is 0 Å². The third kappa shape index (κ3) is 3.45. The van der Waals surface area contributed by atoms with Crippen LogP contribution < -0.4 is 0 Å². The van der Waals surface area contributed by atoms with Crippen molar-refractivity contribution >= 4 is 0 Å². The van der Waals surface area contributed by atoms with E-state index in [0.717, 1.165) is 6.61 Å². The fourth-order valence-electron chi connectivity index (χ4n) is 2.05. The highest BCUT2D eigenvalue weighted by atomic mass is 16.5. The number of rotatable bonds is 6. The first-order valence-corrected chi connectivity index (χ1v) is 5.98. The molecule has 0 bridgehead atoms. The third-order valence-electron chi connectivity index (χ3n) is 3.01. The summed E-state index contributed by atoms with van der Waals surface area (Å²) in [5, 5.41) is 0. The van der Waals surface area contributed by atoms with E-state index in [9.17, 15) is 0 Å². The summed E-state index contributed by atoms with van der Waals surface area (Å²) in [7, 11) is 0. The maximum Gasteiger partial charge on any atom is 0.0560 e. The van der Waals surface area contributed by atoms with Crippen molar-refractivity contribution in [2.24, 2.45) is 5.41 Å². The first kappa shape index (κ1) is 11.8. The molecule has 0 aromatic heterocycles. The Morgan fingerprint density at radius 3 is 2.71 bits per heavy atom. The molecule has 1 aliphatic carbocycles. The van der Waals surface area contributed by atoms with Gasteiger partial charge in [0.15, 0.2) is 0 Å². The van der Waals surface area contributed by atoms with Crippen molar-refractivity contribution in [2.75, 3.05) is 6.61 Å². The number of hydrogen-bond acceptors (Lipinski definition) is 1. The molecular formula is C13H24O. The van der Waals surface area contributed by atoms with Gasteiger partial charge in [0.05, 0.1) is 12.7 Å². The highest BCUT2D eigenvalue weighted by molar-refractivity contribution is 5.06. The Balaban J connectivity index is 2.41. The van der Waals surface area contributed by atoms with Crippen LogP contribution in [0.5, 0.6) is 0 Å². The van der Waals surface area contributed by atoms with Crippen LogP contribution in [0, 0.1) is 5.41 Å². The minimum atomic E-state index is 0.363. The number of allylic oxidation sites excluding steroid dienone is 1. The number of hydrogen-bond donors (Lipinski definition) is 0. The smallest absolute Gasteiger partial charge is 0.0560 e. The number of ether oxygens (including phenoxy) is 1. The second-order valence-electron chi connectivity index (χ2n) is 4.77. The molecule has 0 N–H and O–H groups in total. The lowest BCUT2D eigenvalue weighted by Crippen LogP contribution is -2.24. The van der Waals surface area contributed by atoms with Crippen LogP contribution >= 0.6 is 0 Å². The molecule has 0 aliphatic heterocycles. The van der Waals surface area contributed by atoms with Gasteiger partial charge in [0.25, 0.3) is 0 Å². The summed E-state index contributed by atoms with van der Waals surface area (Å²) in [5.74, 6) is 0. The molecule has 1 atom stereocenters. The second-order valence-corrected chi connectivity index (χ2v) is 4.77.